The minimum absolute atomic E-state index is 0.0361. The van der Waals surface area contributed by atoms with Crippen LogP contribution in [0.15, 0.2) is 102 Å². The molecule has 5 rings (SSSR count). The first-order valence-corrected chi connectivity index (χ1v) is 12.0. The van der Waals surface area contributed by atoms with Crippen molar-refractivity contribution in [1.82, 2.24) is 0 Å². The lowest BCUT2D eigenvalue weighted by Crippen LogP contribution is -2.45. The third kappa shape index (κ3) is 4.10. The highest BCUT2D eigenvalue weighted by Crippen LogP contribution is 2.51. The molecule has 0 saturated heterocycles. The second-order valence-electron chi connectivity index (χ2n) is 10.3. The summed E-state index contributed by atoms with van der Waals surface area (Å²) in [6.45, 7) is 6.21. The quantitative estimate of drug-likeness (QED) is 0.405. The number of ketones is 1. The Morgan fingerprint density at radius 2 is 1.51 bits per heavy atom. The van der Waals surface area contributed by atoms with Gasteiger partial charge < -0.3 is 5.11 Å². The van der Waals surface area contributed by atoms with Gasteiger partial charge in [-0.1, -0.05) is 92.2 Å². The number of carbonyl (C=O) groups excluding carboxylic acids is 1. The highest BCUT2D eigenvalue weighted by atomic mass is 16.3. The van der Waals surface area contributed by atoms with Gasteiger partial charge in [0.2, 0.25) is 0 Å². The first kappa shape index (κ1) is 22.9. The molecule has 1 heterocycles. The molecule has 0 radical (unpaired) electrons. The van der Waals surface area contributed by atoms with E-state index >= 15 is 0 Å². The van der Waals surface area contributed by atoms with Crippen molar-refractivity contribution < 1.29 is 9.90 Å². The Bertz CT molecular complexity index is 1350. The zero-order chi connectivity index (χ0) is 24.7. The standard InChI is InChI=1S/C31H30N2O2/c1-20-14-16-22(17-15-20)29(35)28-26(21-10-6-4-7-11-21)27-24(18-31(2,3)19-25(27)34)33(30(28)32)23-12-8-5-9-13-23/h4-17,26,32,35H,18-19H2,1-3H3. The maximum absolute atomic E-state index is 13.8. The van der Waals surface area contributed by atoms with Crippen LogP contribution in [-0.2, 0) is 4.79 Å². The van der Waals surface area contributed by atoms with Gasteiger partial charge in [0.15, 0.2) is 5.78 Å². The second-order valence-corrected chi connectivity index (χ2v) is 10.3. The Hall–Kier alpha value is -3.92. The van der Waals surface area contributed by atoms with Gasteiger partial charge >= 0.3 is 0 Å². The van der Waals surface area contributed by atoms with Crippen molar-refractivity contribution in [2.75, 3.05) is 4.90 Å². The first-order valence-electron chi connectivity index (χ1n) is 12.0. The molecular weight excluding hydrogens is 432 g/mol. The molecule has 0 amide bonds. The van der Waals surface area contributed by atoms with Crippen molar-refractivity contribution in [3.63, 3.8) is 0 Å². The van der Waals surface area contributed by atoms with Crippen LogP contribution >= 0.6 is 0 Å². The molecule has 3 aromatic carbocycles. The molecule has 2 aliphatic rings. The largest absolute Gasteiger partial charge is 0.507 e. The number of hydrogen-bond acceptors (Lipinski definition) is 3. The normalized spacial score (nSPS) is 21.1. The topological polar surface area (TPSA) is 64.4 Å². The van der Waals surface area contributed by atoms with Crippen LogP contribution < -0.4 is 4.90 Å². The zero-order valence-corrected chi connectivity index (χ0v) is 20.4. The molecule has 35 heavy (non-hydrogen) atoms. The Morgan fingerprint density at radius 1 is 0.914 bits per heavy atom. The zero-order valence-electron chi connectivity index (χ0n) is 20.4. The van der Waals surface area contributed by atoms with Crippen molar-refractivity contribution >= 4 is 23.1 Å². The molecule has 176 valence electrons. The van der Waals surface area contributed by atoms with E-state index in [-0.39, 0.29) is 22.8 Å². The van der Waals surface area contributed by atoms with Gasteiger partial charge in [-0.05, 0) is 36.5 Å². The van der Waals surface area contributed by atoms with Crippen LogP contribution in [-0.4, -0.2) is 16.7 Å². The SMILES string of the molecule is Cc1ccc(C(O)=C2C(=N)N(c3ccccc3)C3=C(C(=O)CC(C)(C)C3)C2c2ccccc2)cc1. The number of benzene rings is 3. The van der Waals surface area contributed by atoms with Crippen LogP contribution in [0.2, 0.25) is 0 Å². The molecule has 1 unspecified atom stereocenters. The van der Waals surface area contributed by atoms with E-state index in [0.29, 0.717) is 29.6 Å². The van der Waals surface area contributed by atoms with Crippen LogP contribution in [0.5, 0.6) is 0 Å². The number of nitrogens with zero attached hydrogens (tertiary/aromatic N) is 1. The van der Waals surface area contributed by atoms with Crippen LogP contribution in [0.1, 0.15) is 49.3 Å². The van der Waals surface area contributed by atoms with Crippen molar-refractivity contribution in [1.29, 1.82) is 5.41 Å². The van der Waals surface area contributed by atoms with E-state index in [9.17, 15) is 15.3 Å². The van der Waals surface area contributed by atoms with Crippen LogP contribution in [0.25, 0.3) is 5.76 Å². The average Bonchev–Trinajstić information content (AvgIpc) is 2.84. The molecule has 0 spiro atoms. The van der Waals surface area contributed by atoms with E-state index in [0.717, 1.165) is 22.5 Å². The fraction of sp³-hybridized carbons (Fsp3) is 0.226. The molecule has 4 nitrogen and oxygen atoms in total. The van der Waals surface area contributed by atoms with Crippen molar-refractivity contribution in [3.05, 3.63) is 118 Å². The van der Waals surface area contributed by atoms with Gasteiger partial charge in [0.25, 0.3) is 0 Å². The summed E-state index contributed by atoms with van der Waals surface area (Å²) in [5, 5.41) is 21.1. The lowest BCUT2D eigenvalue weighted by molar-refractivity contribution is -0.118. The molecule has 0 bridgehead atoms. The number of nitrogens with one attached hydrogen (secondary N) is 1. The van der Waals surface area contributed by atoms with Crippen molar-refractivity contribution in [2.45, 2.75) is 39.5 Å². The van der Waals surface area contributed by atoms with Gasteiger partial charge in [-0.2, -0.15) is 0 Å². The van der Waals surface area contributed by atoms with Crippen LogP contribution in [0, 0.1) is 17.7 Å². The smallest absolute Gasteiger partial charge is 0.162 e. The molecule has 0 aromatic heterocycles. The third-order valence-electron chi connectivity index (χ3n) is 6.95. The van der Waals surface area contributed by atoms with Gasteiger partial charge in [-0.15, -0.1) is 0 Å². The number of carbonyl (C=O) groups is 1. The number of allylic oxidation sites excluding steroid dienone is 2. The molecule has 1 aliphatic heterocycles. The van der Waals surface area contributed by atoms with E-state index in [4.69, 9.17) is 0 Å². The number of aliphatic hydroxyl groups excluding tert-OH is 1. The Morgan fingerprint density at radius 3 is 2.14 bits per heavy atom. The summed E-state index contributed by atoms with van der Waals surface area (Å²) in [5.74, 6) is -0.197. The van der Waals surface area contributed by atoms with E-state index in [1.165, 1.54) is 0 Å². The fourth-order valence-corrected chi connectivity index (χ4v) is 5.32. The predicted molar refractivity (Wildman–Crippen MR) is 142 cm³/mol. The number of rotatable bonds is 3. The van der Waals surface area contributed by atoms with Crippen LogP contribution in [0.4, 0.5) is 5.69 Å². The number of aryl methyl sites for hydroxylation is 1. The highest BCUT2D eigenvalue weighted by Gasteiger charge is 2.46. The molecule has 1 atom stereocenters. The van der Waals surface area contributed by atoms with Gasteiger partial charge in [0.1, 0.15) is 11.6 Å². The molecular formula is C31H30N2O2. The summed E-state index contributed by atoms with van der Waals surface area (Å²) in [5.41, 5.74) is 5.22. The summed E-state index contributed by atoms with van der Waals surface area (Å²) in [6.07, 6.45) is 1.11. The average molecular weight is 463 g/mol. The summed E-state index contributed by atoms with van der Waals surface area (Å²) >= 11 is 0. The predicted octanol–water partition coefficient (Wildman–Crippen LogP) is 7.19. The Balaban J connectivity index is 1.84. The molecule has 2 N–H and O–H groups in total. The van der Waals surface area contributed by atoms with Gasteiger partial charge in [-0.25, -0.2) is 0 Å². The lowest BCUT2D eigenvalue weighted by atomic mass is 9.67. The van der Waals surface area contributed by atoms with E-state index in [1.54, 1.807) is 0 Å². The number of hydrogen-bond donors (Lipinski definition) is 2. The Labute approximate surface area is 206 Å². The maximum atomic E-state index is 13.8. The molecule has 3 aromatic rings. The maximum Gasteiger partial charge on any atom is 0.162 e. The minimum Gasteiger partial charge on any atom is -0.507 e. The van der Waals surface area contributed by atoms with Gasteiger partial charge in [0, 0.05) is 40.4 Å². The third-order valence-corrected chi connectivity index (χ3v) is 6.95. The molecule has 4 heteroatoms. The van der Waals surface area contributed by atoms with Crippen LogP contribution in [0.3, 0.4) is 0 Å². The number of Topliss-reactive ketones (excluding diaryl/α,β-unsaturated/α-hetero) is 1. The summed E-state index contributed by atoms with van der Waals surface area (Å²) < 4.78 is 0. The van der Waals surface area contributed by atoms with Crippen molar-refractivity contribution in [2.24, 2.45) is 5.41 Å². The van der Waals surface area contributed by atoms with Gasteiger partial charge in [-0.3, -0.25) is 15.1 Å². The monoisotopic (exact) mass is 462 g/mol. The van der Waals surface area contributed by atoms with Gasteiger partial charge in [0.05, 0.1) is 0 Å². The highest BCUT2D eigenvalue weighted by molar-refractivity contribution is 6.19. The lowest BCUT2D eigenvalue weighted by Gasteiger charge is -2.45. The number of aliphatic hydroxyl groups is 1. The number of amidine groups is 1. The number of para-hydroxylation sites is 1. The molecule has 1 aliphatic carbocycles. The first-order chi connectivity index (χ1) is 16.8. The van der Waals surface area contributed by atoms with E-state index < -0.39 is 5.92 Å². The number of anilines is 1. The van der Waals surface area contributed by atoms with Crippen molar-refractivity contribution in [3.8, 4) is 0 Å². The van der Waals surface area contributed by atoms with E-state index in [1.807, 2.05) is 96.8 Å². The minimum atomic E-state index is -0.511. The van der Waals surface area contributed by atoms with E-state index in [2.05, 4.69) is 13.8 Å². The summed E-state index contributed by atoms with van der Waals surface area (Å²) in [7, 11) is 0. The summed E-state index contributed by atoms with van der Waals surface area (Å²) in [4.78, 5) is 15.7. The molecule has 0 saturated carbocycles. The Kier molecular flexibility index (Phi) is 5.68. The summed E-state index contributed by atoms with van der Waals surface area (Å²) in [6, 6.07) is 27.2. The molecule has 0 fully saturated rings. The fourth-order valence-electron chi connectivity index (χ4n) is 5.32. The second kappa shape index (κ2) is 8.70.